The van der Waals surface area contributed by atoms with Crippen LogP contribution in [0.15, 0.2) is 48.7 Å². The summed E-state index contributed by atoms with van der Waals surface area (Å²) in [6.45, 7) is 7.87. The number of likely N-dealkylation sites (tertiary alicyclic amines) is 1. The molecule has 2 aliphatic carbocycles. The van der Waals surface area contributed by atoms with Gasteiger partial charge in [-0.1, -0.05) is 6.07 Å². The molecule has 5 amide bonds. The lowest BCUT2D eigenvalue weighted by atomic mass is 9.66. The van der Waals surface area contributed by atoms with E-state index in [0.717, 1.165) is 94.3 Å². The molecule has 334 valence electrons. The zero-order valence-corrected chi connectivity index (χ0v) is 35.7. The maximum Gasteiger partial charge on any atom is 0.328 e. The summed E-state index contributed by atoms with van der Waals surface area (Å²) in [5, 5.41) is 20.3. The van der Waals surface area contributed by atoms with Crippen LogP contribution in [-0.2, 0) is 4.79 Å². The van der Waals surface area contributed by atoms with Gasteiger partial charge in [-0.25, -0.2) is 13.6 Å². The minimum absolute atomic E-state index is 0.00481. The van der Waals surface area contributed by atoms with E-state index in [1.54, 1.807) is 11.0 Å². The Morgan fingerprint density at radius 1 is 0.841 bits per heavy atom. The normalized spacial score (nSPS) is 22.4. The van der Waals surface area contributed by atoms with Crippen molar-refractivity contribution in [3.63, 3.8) is 0 Å². The van der Waals surface area contributed by atoms with E-state index in [0.29, 0.717) is 29.9 Å². The number of hydrogen-bond donors (Lipinski definition) is 3. The van der Waals surface area contributed by atoms with Crippen molar-refractivity contribution in [3.8, 4) is 5.75 Å². The summed E-state index contributed by atoms with van der Waals surface area (Å²) in [4.78, 5) is 59.0. The van der Waals surface area contributed by atoms with E-state index in [9.17, 15) is 37.5 Å². The Labute approximate surface area is 364 Å². The van der Waals surface area contributed by atoms with E-state index >= 15 is 0 Å². The van der Waals surface area contributed by atoms with Gasteiger partial charge >= 0.3 is 6.03 Å². The number of nitrogens with one attached hydrogen (secondary N) is 2. The minimum Gasteiger partial charge on any atom is -0.503 e. The second-order valence-electron chi connectivity index (χ2n) is 18.4. The number of aromatic nitrogens is 2. The second-order valence-corrected chi connectivity index (χ2v) is 18.4. The molecule has 4 heterocycles. The molecular weight excluding hydrogens is 814 g/mol. The SMILES string of the molecule is Cc1ccc(C(=O)N2CCC3(CCC(N4CCN(c5ccc6cn([C@H]7CC[C@H](CNC(=O)c8cc(F)c(O)c(F)c8F)CC7)nc6c5)CC4)CC3)CC2)cc1N1CCC(=O)NC1=O. The number of carbonyl (C=O) groups excluding carboxylic acids is 4. The summed E-state index contributed by atoms with van der Waals surface area (Å²) in [7, 11) is 0. The standard InChI is InChI=1S/C47H55F3N8O5/c1-29-2-5-31(24-39(29)57-17-12-40(59)52-46(57)63)45(62)56-18-15-47(16-19-56)13-10-33(11-14-47)54-20-22-55(23-21-54)35-9-6-32-28-58(53-38(32)25-35)34-7-3-30(4-8-34)27-51-44(61)36-26-37(48)43(60)42(50)41(36)49/h2,5-6,9,24-26,28,30,33-34,60H,3-4,7-8,10-23,27H2,1H3,(H,51,61)(H,52,59,63)/t30-,34-. The van der Waals surface area contributed by atoms with Crippen LogP contribution in [0.3, 0.4) is 0 Å². The van der Waals surface area contributed by atoms with Crippen molar-refractivity contribution in [1.82, 2.24) is 30.2 Å². The lowest BCUT2D eigenvalue weighted by molar-refractivity contribution is -0.120. The number of benzene rings is 3. The summed E-state index contributed by atoms with van der Waals surface area (Å²) >= 11 is 0. The van der Waals surface area contributed by atoms with Crippen LogP contribution >= 0.6 is 0 Å². The van der Waals surface area contributed by atoms with Crippen LogP contribution in [0.5, 0.6) is 5.75 Å². The number of phenolic OH excluding ortho intramolecular Hbond substituents is 1. The number of rotatable bonds is 8. The molecule has 3 aromatic carbocycles. The van der Waals surface area contributed by atoms with Crippen LogP contribution in [-0.4, -0.2) is 107 Å². The van der Waals surface area contributed by atoms with Gasteiger partial charge in [0.05, 0.1) is 17.1 Å². The Bertz CT molecular complexity index is 2410. The molecule has 0 unspecified atom stereocenters. The second kappa shape index (κ2) is 17.5. The highest BCUT2D eigenvalue weighted by atomic mass is 19.2. The molecule has 3 saturated heterocycles. The van der Waals surface area contributed by atoms with Crippen LogP contribution in [0.2, 0.25) is 0 Å². The van der Waals surface area contributed by atoms with Crippen LogP contribution in [0, 0.1) is 35.7 Å². The van der Waals surface area contributed by atoms with Gasteiger partial charge < -0.3 is 20.2 Å². The molecule has 4 aromatic rings. The van der Waals surface area contributed by atoms with Gasteiger partial charge in [-0.2, -0.15) is 9.49 Å². The van der Waals surface area contributed by atoms with Gasteiger partial charge in [0, 0.05) is 93.3 Å². The molecule has 5 aliphatic rings. The first kappa shape index (κ1) is 42.7. The molecule has 0 bridgehead atoms. The highest BCUT2D eigenvalue weighted by Gasteiger charge is 2.41. The molecular formula is C47H55F3N8O5. The summed E-state index contributed by atoms with van der Waals surface area (Å²) in [6.07, 6.45) is 12.4. The minimum atomic E-state index is -1.78. The van der Waals surface area contributed by atoms with Crippen LogP contribution in [0.25, 0.3) is 10.9 Å². The van der Waals surface area contributed by atoms with Crippen molar-refractivity contribution < 1.29 is 37.5 Å². The predicted octanol–water partition coefficient (Wildman–Crippen LogP) is 7.06. The number of halogens is 3. The number of piperidine rings is 1. The summed E-state index contributed by atoms with van der Waals surface area (Å²) in [6, 6.07) is 12.9. The summed E-state index contributed by atoms with van der Waals surface area (Å²) < 4.78 is 43.7. The first-order valence-corrected chi connectivity index (χ1v) is 22.5. The number of carbonyl (C=O) groups is 4. The van der Waals surface area contributed by atoms with E-state index in [2.05, 4.69) is 49.5 Å². The van der Waals surface area contributed by atoms with Gasteiger partial charge in [0.1, 0.15) is 0 Å². The third-order valence-electron chi connectivity index (χ3n) is 14.8. The van der Waals surface area contributed by atoms with Gasteiger partial charge in [0.15, 0.2) is 17.4 Å². The third kappa shape index (κ3) is 8.70. The number of anilines is 2. The molecule has 1 aromatic heterocycles. The Balaban J connectivity index is 0.717. The fourth-order valence-corrected chi connectivity index (χ4v) is 10.7. The number of aryl methyl sites for hydroxylation is 1. The molecule has 16 heteroatoms. The molecule has 0 atom stereocenters. The van der Waals surface area contributed by atoms with Gasteiger partial charge in [-0.15, -0.1) is 0 Å². The first-order valence-electron chi connectivity index (χ1n) is 22.5. The van der Waals surface area contributed by atoms with E-state index in [-0.39, 0.29) is 42.2 Å². The summed E-state index contributed by atoms with van der Waals surface area (Å²) in [5.41, 5.74) is 3.77. The highest BCUT2D eigenvalue weighted by Crippen LogP contribution is 2.46. The van der Waals surface area contributed by atoms with E-state index in [4.69, 9.17) is 5.10 Å². The predicted molar refractivity (Wildman–Crippen MR) is 231 cm³/mol. The number of urea groups is 1. The average molecular weight is 869 g/mol. The van der Waals surface area contributed by atoms with Crippen molar-refractivity contribution in [2.24, 2.45) is 11.3 Å². The van der Waals surface area contributed by atoms with Gasteiger partial charge in [0.2, 0.25) is 11.7 Å². The molecule has 13 nitrogen and oxygen atoms in total. The third-order valence-corrected chi connectivity index (χ3v) is 14.8. The Kier molecular flexibility index (Phi) is 11.8. The van der Waals surface area contributed by atoms with Crippen molar-refractivity contribution >= 4 is 46.0 Å². The van der Waals surface area contributed by atoms with E-state index < -0.39 is 40.7 Å². The van der Waals surface area contributed by atoms with Gasteiger partial charge in [-0.05, 0) is 124 Å². The number of fused-ring (bicyclic) bond motifs is 1. The molecule has 3 aliphatic heterocycles. The summed E-state index contributed by atoms with van der Waals surface area (Å²) in [5.74, 6) is -7.24. The Hall–Kier alpha value is -5.64. The fourth-order valence-electron chi connectivity index (χ4n) is 10.7. The number of amides is 5. The van der Waals surface area contributed by atoms with Gasteiger partial charge in [-0.3, -0.25) is 34.2 Å². The van der Waals surface area contributed by atoms with Crippen molar-refractivity contribution in [3.05, 3.63) is 82.8 Å². The maximum absolute atomic E-state index is 14.2. The zero-order valence-electron chi connectivity index (χ0n) is 35.7. The first-order chi connectivity index (χ1) is 30.3. The number of phenols is 1. The van der Waals surface area contributed by atoms with Crippen LogP contribution in [0.4, 0.5) is 29.3 Å². The Morgan fingerprint density at radius 2 is 1.57 bits per heavy atom. The van der Waals surface area contributed by atoms with E-state index in [1.807, 2.05) is 24.0 Å². The molecule has 1 spiro atoms. The largest absolute Gasteiger partial charge is 0.503 e. The van der Waals surface area contributed by atoms with Crippen LogP contribution < -0.4 is 20.4 Å². The van der Waals surface area contributed by atoms with Crippen molar-refractivity contribution in [2.75, 3.05) is 62.2 Å². The Morgan fingerprint density at radius 3 is 2.29 bits per heavy atom. The molecule has 2 saturated carbocycles. The molecule has 5 fully saturated rings. The van der Waals surface area contributed by atoms with Crippen molar-refractivity contribution in [1.29, 1.82) is 0 Å². The average Bonchev–Trinajstić information content (AvgIpc) is 3.73. The molecule has 0 radical (unpaired) electrons. The molecule has 3 N–H and O–H groups in total. The number of nitrogens with zero attached hydrogens (tertiary/aromatic N) is 6. The van der Waals surface area contributed by atoms with Crippen LogP contribution in [0.1, 0.15) is 103 Å². The fraction of sp³-hybridized carbons (Fsp3) is 0.511. The molecule has 63 heavy (non-hydrogen) atoms. The van der Waals surface area contributed by atoms with Gasteiger partial charge in [0.25, 0.3) is 11.8 Å². The quantitative estimate of drug-likeness (QED) is 0.160. The number of imide groups is 1. The lowest BCUT2D eigenvalue weighted by Gasteiger charge is -2.49. The number of hydrogen-bond acceptors (Lipinski definition) is 8. The molecule has 9 rings (SSSR count). The monoisotopic (exact) mass is 868 g/mol. The zero-order chi connectivity index (χ0) is 44.0. The highest BCUT2D eigenvalue weighted by molar-refractivity contribution is 6.06. The van der Waals surface area contributed by atoms with Crippen molar-refractivity contribution in [2.45, 2.75) is 89.6 Å². The topological polar surface area (TPSA) is 143 Å². The maximum atomic E-state index is 14.2. The number of aromatic hydroxyl groups is 1. The number of piperazine rings is 1. The smallest absolute Gasteiger partial charge is 0.328 e. The van der Waals surface area contributed by atoms with E-state index in [1.165, 1.54) is 31.4 Å². The lowest BCUT2D eigenvalue weighted by Crippen LogP contribution is -2.52.